The Morgan fingerprint density at radius 2 is 2.05 bits per heavy atom. The lowest BCUT2D eigenvalue weighted by atomic mass is 10.0. The first kappa shape index (κ1) is 13.5. The lowest BCUT2D eigenvalue weighted by Gasteiger charge is -2.31. The molecule has 0 aliphatic carbocycles. The summed E-state index contributed by atoms with van der Waals surface area (Å²) >= 11 is 0. The zero-order chi connectivity index (χ0) is 14.8. The van der Waals surface area contributed by atoms with E-state index in [1.54, 1.807) is 6.07 Å². The van der Waals surface area contributed by atoms with Crippen molar-refractivity contribution in [3.05, 3.63) is 53.6 Å². The Bertz CT molecular complexity index is 682. The van der Waals surface area contributed by atoms with Crippen molar-refractivity contribution in [3.8, 4) is 0 Å². The highest BCUT2D eigenvalue weighted by Gasteiger charge is 2.19. The first-order valence-corrected chi connectivity index (χ1v) is 7.04. The number of hydrogen-bond acceptors (Lipinski definition) is 4. The van der Waals surface area contributed by atoms with Gasteiger partial charge in [-0.15, -0.1) is 0 Å². The van der Waals surface area contributed by atoms with Gasteiger partial charge in [0, 0.05) is 23.6 Å². The zero-order valence-corrected chi connectivity index (χ0v) is 12.0. The predicted octanol–water partition coefficient (Wildman–Crippen LogP) is 3.14. The highest BCUT2D eigenvalue weighted by atomic mass is 16.5. The quantitative estimate of drug-likeness (QED) is 0.679. The molecule has 0 aromatic heterocycles. The lowest BCUT2D eigenvalue weighted by molar-refractivity contribution is 0.0602. The molecule has 2 N–H and O–H groups in total. The molecule has 4 nitrogen and oxygen atoms in total. The second kappa shape index (κ2) is 5.48. The van der Waals surface area contributed by atoms with E-state index in [4.69, 9.17) is 10.5 Å². The van der Waals surface area contributed by atoms with Gasteiger partial charge in [-0.2, -0.15) is 0 Å². The van der Waals surface area contributed by atoms with E-state index in [-0.39, 0.29) is 0 Å². The number of nitrogens with zero attached hydrogens (tertiary/aromatic N) is 1. The number of carbonyl (C=O) groups is 1. The van der Waals surface area contributed by atoms with Crippen LogP contribution < -0.4 is 10.6 Å². The number of nitrogens with two attached hydrogens (primary N) is 1. The van der Waals surface area contributed by atoms with Crippen LogP contribution in [0.1, 0.15) is 22.3 Å². The third kappa shape index (κ3) is 2.44. The molecule has 0 spiro atoms. The summed E-state index contributed by atoms with van der Waals surface area (Å²) in [6, 6.07) is 13.9. The predicted molar refractivity (Wildman–Crippen MR) is 84.0 cm³/mol. The molecular formula is C17H18N2O2. The smallest absolute Gasteiger partial charge is 0.340 e. The molecule has 0 amide bonds. The minimum absolute atomic E-state index is 0.403. The molecule has 0 unspecified atom stereocenters. The van der Waals surface area contributed by atoms with Gasteiger partial charge < -0.3 is 15.4 Å². The van der Waals surface area contributed by atoms with Gasteiger partial charge in [-0.1, -0.05) is 18.2 Å². The fourth-order valence-corrected chi connectivity index (χ4v) is 2.80. The Hall–Kier alpha value is -2.49. The lowest BCUT2D eigenvalue weighted by Crippen LogP contribution is -2.24. The minimum Gasteiger partial charge on any atom is -0.465 e. The van der Waals surface area contributed by atoms with E-state index in [0.717, 1.165) is 25.1 Å². The zero-order valence-electron chi connectivity index (χ0n) is 12.0. The number of hydrogen-bond donors (Lipinski definition) is 1. The Labute approximate surface area is 124 Å². The SMILES string of the molecule is COC(=O)c1cc(N2CCCc3ccccc32)ccc1N. The maximum absolute atomic E-state index is 11.8. The summed E-state index contributed by atoms with van der Waals surface area (Å²) in [5.41, 5.74) is 10.2. The molecule has 0 fully saturated rings. The van der Waals surface area contributed by atoms with Crippen LogP contribution in [-0.2, 0) is 11.2 Å². The maximum atomic E-state index is 11.8. The van der Waals surface area contributed by atoms with E-state index in [9.17, 15) is 4.79 Å². The number of carbonyl (C=O) groups excluding carboxylic acids is 1. The molecule has 1 aliphatic heterocycles. The van der Waals surface area contributed by atoms with Gasteiger partial charge in [0.05, 0.1) is 12.7 Å². The van der Waals surface area contributed by atoms with Gasteiger partial charge in [-0.3, -0.25) is 0 Å². The molecule has 0 radical (unpaired) electrons. The van der Waals surface area contributed by atoms with Crippen molar-refractivity contribution in [2.24, 2.45) is 0 Å². The number of methoxy groups -OCH3 is 1. The number of ether oxygens (including phenoxy) is 1. The third-order valence-corrected chi connectivity index (χ3v) is 3.86. The molecule has 21 heavy (non-hydrogen) atoms. The third-order valence-electron chi connectivity index (χ3n) is 3.86. The van der Waals surface area contributed by atoms with Gasteiger partial charge in [0.15, 0.2) is 0 Å². The van der Waals surface area contributed by atoms with E-state index in [1.165, 1.54) is 18.4 Å². The summed E-state index contributed by atoms with van der Waals surface area (Å²) in [7, 11) is 1.37. The second-order valence-corrected chi connectivity index (χ2v) is 5.15. The van der Waals surface area contributed by atoms with Gasteiger partial charge >= 0.3 is 5.97 Å². The van der Waals surface area contributed by atoms with Crippen LogP contribution in [0.2, 0.25) is 0 Å². The van der Waals surface area contributed by atoms with Crippen LogP contribution in [-0.4, -0.2) is 19.6 Å². The number of benzene rings is 2. The van der Waals surface area contributed by atoms with Crippen LogP contribution in [0.25, 0.3) is 0 Å². The molecule has 0 atom stereocenters. The Morgan fingerprint density at radius 1 is 1.24 bits per heavy atom. The van der Waals surface area contributed by atoms with Crippen LogP contribution in [0.5, 0.6) is 0 Å². The molecule has 0 bridgehead atoms. The number of para-hydroxylation sites is 1. The second-order valence-electron chi connectivity index (χ2n) is 5.15. The van der Waals surface area contributed by atoms with Gasteiger partial charge in [0.2, 0.25) is 0 Å². The van der Waals surface area contributed by atoms with Gasteiger partial charge in [0.1, 0.15) is 0 Å². The van der Waals surface area contributed by atoms with Crippen LogP contribution in [0.4, 0.5) is 17.1 Å². The van der Waals surface area contributed by atoms with E-state index in [2.05, 4.69) is 23.1 Å². The van der Waals surface area contributed by atoms with Gasteiger partial charge in [-0.05, 0) is 42.7 Å². The molecule has 1 aliphatic rings. The number of anilines is 3. The van der Waals surface area contributed by atoms with Crippen molar-refractivity contribution in [3.63, 3.8) is 0 Å². The summed E-state index contributed by atoms with van der Waals surface area (Å²) < 4.78 is 4.79. The fraction of sp³-hybridized carbons (Fsp3) is 0.235. The highest BCUT2D eigenvalue weighted by Crippen LogP contribution is 2.34. The van der Waals surface area contributed by atoms with E-state index >= 15 is 0 Å². The van der Waals surface area contributed by atoms with Gasteiger partial charge in [-0.25, -0.2) is 4.79 Å². The van der Waals surface area contributed by atoms with Gasteiger partial charge in [0.25, 0.3) is 0 Å². The van der Waals surface area contributed by atoms with Crippen molar-refractivity contribution in [1.29, 1.82) is 0 Å². The van der Waals surface area contributed by atoms with Crippen LogP contribution in [0.3, 0.4) is 0 Å². The van der Waals surface area contributed by atoms with Crippen LogP contribution in [0, 0.1) is 0 Å². The summed E-state index contributed by atoms with van der Waals surface area (Å²) in [6.07, 6.45) is 2.18. The molecule has 0 saturated heterocycles. The summed E-state index contributed by atoms with van der Waals surface area (Å²) in [4.78, 5) is 14.0. The highest BCUT2D eigenvalue weighted by molar-refractivity contribution is 5.96. The number of nitrogen functional groups attached to an aromatic ring is 1. The normalized spacial score (nSPS) is 13.7. The molecule has 1 heterocycles. The summed E-state index contributed by atoms with van der Waals surface area (Å²) in [5.74, 6) is -0.403. The standard InChI is InChI=1S/C17H18N2O2/c1-21-17(20)14-11-13(8-9-15(14)18)19-10-4-6-12-5-2-3-7-16(12)19/h2-3,5,7-9,11H,4,6,10,18H2,1H3. The number of esters is 1. The largest absolute Gasteiger partial charge is 0.465 e. The van der Waals surface area contributed by atoms with Crippen molar-refractivity contribution in [2.75, 3.05) is 24.3 Å². The summed E-state index contributed by atoms with van der Waals surface area (Å²) in [6.45, 7) is 0.932. The Balaban J connectivity index is 2.04. The first-order chi connectivity index (χ1) is 10.2. The fourth-order valence-electron chi connectivity index (χ4n) is 2.80. The maximum Gasteiger partial charge on any atom is 0.340 e. The van der Waals surface area contributed by atoms with E-state index < -0.39 is 5.97 Å². The molecule has 108 valence electrons. The monoisotopic (exact) mass is 282 g/mol. The first-order valence-electron chi connectivity index (χ1n) is 7.04. The summed E-state index contributed by atoms with van der Waals surface area (Å²) in [5, 5.41) is 0. The average Bonchev–Trinajstić information content (AvgIpc) is 2.54. The van der Waals surface area contributed by atoms with Crippen LogP contribution >= 0.6 is 0 Å². The van der Waals surface area contributed by atoms with Crippen molar-refractivity contribution in [2.45, 2.75) is 12.8 Å². The number of rotatable bonds is 2. The van der Waals surface area contributed by atoms with E-state index in [1.807, 2.05) is 18.2 Å². The Morgan fingerprint density at radius 3 is 2.86 bits per heavy atom. The minimum atomic E-state index is -0.403. The van der Waals surface area contributed by atoms with Crippen LogP contribution in [0.15, 0.2) is 42.5 Å². The molecule has 0 saturated carbocycles. The topological polar surface area (TPSA) is 55.6 Å². The molecule has 2 aromatic rings. The Kier molecular flexibility index (Phi) is 3.52. The van der Waals surface area contributed by atoms with Crippen molar-refractivity contribution in [1.82, 2.24) is 0 Å². The number of fused-ring (bicyclic) bond motifs is 1. The van der Waals surface area contributed by atoms with E-state index in [0.29, 0.717) is 11.3 Å². The molecule has 4 heteroatoms. The molecule has 3 rings (SSSR count). The van der Waals surface area contributed by atoms with Crippen molar-refractivity contribution >= 4 is 23.0 Å². The number of aryl methyl sites for hydroxylation is 1. The average molecular weight is 282 g/mol. The molecule has 2 aromatic carbocycles. The molecular weight excluding hydrogens is 264 g/mol. The van der Waals surface area contributed by atoms with Crippen molar-refractivity contribution < 1.29 is 9.53 Å².